The second kappa shape index (κ2) is 5.81. The van der Waals surface area contributed by atoms with Gasteiger partial charge in [-0.3, -0.25) is 0 Å². The Balaban J connectivity index is 2.88. The van der Waals surface area contributed by atoms with E-state index in [0.29, 0.717) is 6.61 Å². The molecule has 0 aliphatic carbocycles. The summed E-state index contributed by atoms with van der Waals surface area (Å²) in [7, 11) is 1.65. The molecule has 0 aromatic heterocycles. The first-order valence-electron chi connectivity index (χ1n) is 4.72. The predicted octanol–water partition coefficient (Wildman–Crippen LogP) is 2.57. The molecule has 0 saturated carbocycles. The molecule has 0 atom stereocenters. The van der Waals surface area contributed by atoms with Crippen LogP contribution >= 0.6 is 12.6 Å². The Hall–Kier alpha value is -0.830. The molecule has 3 heteroatoms. The lowest BCUT2D eigenvalue weighted by Gasteiger charge is -2.10. The molecule has 0 amide bonds. The van der Waals surface area contributed by atoms with Crippen LogP contribution in [-0.2, 0) is 6.42 Å². The average molecular weight is 212 g/mol. The van der Waals surface area contributed by atoms with Gasteiger partial charge in [0.25, 0.3) is 0 Å². The van der Waals surface area contributed by atoms with Crippen LogP contribution in [0, 0.1) is 0 Å². The summed E-state index contributed by atoms with van der Waals surface area (Å²) in [5.74, 6) is 2.45. The molecule has 0 aliphatic heterocycles. The molecule has 0 spiro atoms. The molecule has 0 bridgehead atoms. The number of thiol groups is 1. The second-order valence-corrected chi connectivity index (χ2v) is 3.34. The molecule has 0 saturated heterocycles. The fourth-order valence-electron chi connectivity index (χ4n) is 1.27. The number of benzene rings is 1. The molecular weight excluding hydrogens is 196 g/mol. The molecule has 14 heavy (non-hydrogen) atoms. The van der Waals surface area contributed by atoms with Crippen LogP contribution in [0.5, 0.6) is 11.5 Å². The Labute approximate surface area is 90.6 Å². The summed E-state index contributed by atoms with van der Waals surface area (Å²) < 4.78 is 10.7. The van der Waals surface area contributed by atoms with Crippen molar-refractivity contribution in [2.45, 2.75) is 13.3 Å². The van der Waals surface area contributed by atoms with Crippen LogP contribution in [0.3, 0.4) is 0 Å². The maximum Gasteiger partial charge on any atom is 0.161 e. The topological polar surface area (TPSA) is 18.5 Å². The van der Waals surface area contributed by atoms with E-state index in [1.807, 2.05) is 25.1 Å². The Kier molecular flexibility index (Phi) is 4.66. The van der Waals surface area contributed by atoms with E-state index in [1.54, 1.807) is 7.11 Å². The van der Waals surface area contributed by atoms with E-state index in [-0.39, 0.29) is 0 Å². The fraction of sp³-hybridized carbons (Fsp3) is 0.455. The molecule has 1 aromatic carbocycles. The van der Waals surface area contributed by atoms with Gasteiger partial charge < -0.3 is 9.47 Å². The smallest absolute Gasteiger partial charge is 0.161 e. The van der Waals surface area contributed by atoms with Gasteiger partial charge >= 0.3 is 0 Å². The highest BCUT2D eigenvalue weighted by Crippen LogP contribution is 2.28. The van der Waals surface area contributed by atoms with Crippen LogP contribution in [-0.4, -0.2) is 19.5 Å². The zero-order valence-electron chi connectivity index (χ0n) is 8.62. The summed E-state index contributed by atoms with van der Waals surface area (Å²) in [5, 5.41) is 0. The van der Waals surface area contributed by atoms with Gasteiger partial charge in [0.15, 0.2) is 11.5 Å². The molecule has 1 rings (SSSR count). The third-order valence-corrected chi connectivity index (χ3v) is 2.15. The van der Waals surface area contributed by atoms with Crippen molar-refractivity contribution in [3.05, 3.63) is 23.8 Å². The summed E-state index contributed by atoms with van der Waals surface area (Å²) in [6.07, 6.45) is 0.952. The first-order valence-corrected chi connectivity index (χ1v) is 5.35. The highest BCUT2D eigenvalue weighted by molar-refractivity contribution is 7.80. The second-order valence-electron chi connectivity index (χ2n) is 2.89. The van der Waals surface area contributed by atoms with Crippen molar-refractivity contribution >= 4 is 12.6 Å². The third-order valence-electron chi connectivity index (χ3n) is 1.93. The van der Waals surface area contributed by atoms with E-state index in [0.717, 1.165) is 23.7 Å². The predicted molar refractivity (Wildman–Crippen MR) is 61.7 cm³/mol. The first kappa shape index (κ1) is 11.2. The van der Waals surface area contributed by atoms with E-state index >= 15 is 0 Å². The number of aryl methyl sites for hydroxylation is 1. The van der Waals surface area contributed by atoms with Gasteiger partial charge in [-0.25, -0.2) is 0 Å². The van der Waals surface area contributed by atoms with E-state index in [4.69, 9.17) is 9.47 Å². The van der Waals surface area contributed by atoms with Crippen LogP contribution in [0.25, 0.3) is 0 Å². The highest BCUT2D eigenvalue weighted by Gasteiger charge is 2.04. The van der Waals surface area contributed by atoms with E-state index in [9.17, 15) is 0 Å². The lowest BCUT2D eigenvalue weighted by atomic mass is 10.1. The van der Waals surface area contributed by atoms with Crippen molar-refractivity contribution in [3.63, 3.8) is 0 Å². The van der Waals surface area contributed by atoms with Crippen LogP contribution in [0.2, 0.25) is 0 Å². The van der Waals surface area contributed by atoms with Crippen molar-refractivity contribution < 1.29 is 9.47 Å². The van der Waals surface area contributed by atoms with Gasteiger partial charge in [-0.2, -0.15) is 12.6 Å². The quantitative estimate of drug-likeness (QED) is 0.756. The largest absolute Gasteiger partial charge is 0.493 e. The van der Waals surface area contributed by atoms with Gasteiger partial charge in [0.2, 0.25) is 0 Å². The minimum atomic E-state index is 0.653. The number of hydrogen-bond acceptors (Lipinski definition) is 3. The summed E-state index contributed by atoms with van der Waals surface area (Å²) >= 11 is 4.20. The maximum atomic E-state index is 5.46. The minimum Gasteiger partial charge on any atom is -0.493 e. The SMILES string of the molecule is CCOc1cc(CCS)ccc1OC. The normalized spacial score (nSPS) is 9.93. The van der Waals surface area contributed by atoms with Crippen molar-refractivity contribution in [1.82, 2.24) is 0 Å². The lowest BCUT2D eigenvalue weighted by Crippen LogP contribution is -1.97. The molecule has 2 nitrogen and oxygen atoms in total. The molecule has 1 aromatic rings. The first-order chi connectivity index (χ1) is 6.81. The monoisotopic (exact) mass is 212 g/mol. The number of ether oxygens (including phenoxy) is 2. The Morgan fingerprint density at radius 2 is 2.07 bits per heavy atom. The average Bonchev–Trinajstić information content (AvgIpc) is 2.19. The van der Waals surface area contributed by atoms with Crippen molar-refractivity contribution in [2.75, 3.05) is 19.5 Å². The number of hydrogen-bond donors (Lipinski definition) is 1. The van der Waals surface area contributed by atoms with Crippen molar-refractivity contribution in [3.8, 4) is 11.5 Å². The molecule has 0 N–H and O–H groups in total. The fourth-order valence-corrected chi connectivity index (χ4v) is 1.53. The summed E-state index contributed by atoms with van der Waals surface area (Å²) in [6, 6.07) is 5.99. The zero-order valence-corrected chi connectivity index (χ0v) is 9.51. The van der Waals surface area contributed by atoms with Crippen molar-refractivity contribution in [2.24, 2.45) is 0 Å². The summed E-state index contributed by atoms with van der Waals surface area (Å²) in [4.78, 5) is 0. The van der Waals surface area contributed by atoms with E-state index in [1.165, 1.54) is 5.56 Å². The lowest BCUT2D eigenvalue weighted by molar-refractivity contribution is 0.310. The van der Waals surface area contributed by atoms with Gasteiger partial charge in [0.05, 0.1) is 13.7 Å². The molecule has 0 radical (unpaired) electrons. The molecule has 0 fully saturated rings. The van der Waals surface area contributed by atoms with Crippen LogP contribution in [0.15, 0.2) is 18.2 Å². The van der Waals surface area contributed by atoms with Gasteiger partial charge in [0.1, 0.15) is 0 Å². The maximum absolute atomic E-state index is 5.46. The third kappa shape index (κ3) is 2.84. The van der Waals surface area contributed by atoms with Gasteiger partial charge in [-0.1, -0.05) is 6.07 Å². The number of rotatable bonds is 5. The Morgan fingerprint density at radius 3 is 2.64 bits per heavy atom. The Morgan fingerprint density at radius 1 is 1.29 bits per heavy atom. The molecule has 0 heterocycles. The Bertz CT molecular complexity index is 287. The van der Waals surface area contributed by atoms with Gasteiger partial charge in [0, 0.05) is 0 Å². The summed E-state index contributed by atoms with van der Waals surface area (Å²) in [5.41, 5.74) is 1.23. The highest BCUT2D eigenvalue weighted by atomic mass is 32.1. The van der Waals surface area contributed by atoms with E-state index in [2.05, 4.69) is 12.6 Å². The van der Waals surface area contributed by atoms with Crippen molar-refractivity contribution in [1.29, 1.82) is 0 Å². The minimum absolute atomic E-state index is 0.653. The standard InChI is InChI=1S/C11H16O2S/c1-3-13-11-8-9(6-7-14)4-5-10(11)12-2/h4-5,8,14H,3,6-7H2,1-2H3. The molecule has 78 valence electrons. The summed E-state index contributed by atoms with van der Waals surface area (Å²) in [6.45, 7) is 2.62. The number of methoxy groups -OCH3 is 1. The van der Waals surface area contributed by atoms with Gasteiger partial charge in [-0.15, -0.1) is 0 Å². The molecule has 0 aliphatic rings. The molecule has 0 unspecified atom stereocenters. The van der Waals surface area contributed by atoms with Crippen LogP contribution in [0.4, 0.5) is 0 Å². The zero-order chi connectivity index (χ0) is 10.4. The van der Waals surface area contributed by atoms with Crippen LogP contribution in [0.1, 0.15) is 12.5 Å². The molecular formula is C11H16O2S. The van der Waals surface area contributed by atoms with E-state index < -0.39 is 0 Å². The van der Waals surface area contributed by atoms with Gasteiger partial charge in [-0.05, 0) is 36.8 Å². The van der Waals surface area contributed by atoms with Crippen LogP contribution < -0.4 is 9.47 Å².